The molecule has 1 fully saturated rings. The molecule has 2 heteroatoms. The molecule has 0 spiro atoms. The summed E-state index contributed by atoms with van der Waals surface area (Å²) in [4.78, 5) is 12.6. The molecule has 180 valence electrons. The summed E-state index contributed by atoms with van der Waals surface area (Å²) >= 11 is 0. The average Bonchev–Trinajstić information content (AvgIpc) is 2.92. The van der Waals surface area contributed by atoms with Crippen molar-refractivity contribution in [1.82, 2.24) is 0 Å². The fourth-order valence-electron chi connectivity index (χ4n) is 4.81. The third kappa shape index (κ3) is 7.09. The number of aryl methyl sites for hydroxylation is 1. The first kappa shape index (κ1) is 24.8. The summed E-state index contributed by atoms with van der Waals surface area (Å²) in [6.07, 6.45) is 9.14. The normalized spacial score (nSPS) is 17.3. The standard InChI is InChI=1S/C33H36O2/c1-3-5-6-26-15-19-31(20-16-26)33(34)35-32-23-21-30(22-24-32)29-17-13-28(14-18-29)12-11-27-9-7-25(4-2)8-10-27/h7-10,13-14,17-18,21-24,26,31H,3-6,15-16,19-20H2,1-2H3. The lowest BCUT2D eigenvalue weighted by molar-refractivity contribution is -0.140. The Morgan fingerprint density at radius 3 is 1.86 bits per heavy atom. The second kappa shape index (κ2) is 12.4. The molecule has 0 unspecified atom stereocenters. The molecular weight excluding hydrogens is 428 g/mol. The van der Waals surface area contributed by atoms with Gasteiger partial charge in [0.1, 0.15) is 5.75 Å². The van der Waals surface area contributed by atoms with Gasteiger partial charge < -0.3 is 4.74 Å². The Hall–Kier alpha value is -3.31. The van der Waals surface area contributed by atoms with E-state index in [1.165, 1.54) is 24.8 Å². The first-order chi connectivity index (χ1) is 17.1. The molecule has 1 aliphatic carbocycles. The molecule has 0 radical (unpaired) electrons. The van der Waals surface area contributed by atoms with Gasteiger partial charge in [0.15, 0.2) is 0 Å². The smallest absolute Gasteiger partial charge is 0.314 e. The van der Waals surface area contributed by atoms with Crippen molar-refractivity contribution in [2.24, 2.45) is 11.8 Å². The van der Waals surface area contributed by atoms with Crippen molar-refractivity contribution in [3.63, 3.8) is 0 Å². The molecule has 3 aromatic rings. The summed E-state index contributed by atoms with van der Waals surface area (Å²) in [5.41, 5.74) is 5.55. The Kier molecular flexibility index (Phi) is 8.79. The molecule has 2 nitrogen and oxygen atoms in total. The number of hydrogen-bond acceptors (Lipinski definition) is 2. The van der Waals surface area contributed by atoms with Gasteiger partial charge in [0.2, 0.25) is 0 Å². The zero-order valence-electron chi connectivity index (χ0n) is 21.1. The lowest BCUT2D eigenvalue weighted by atomic mass is 9.80. The molecule has 0 aromatic heterocycles. The Bertz CT molecular complexity index is 1140. The van der Waals surface area contributed by atoms with Gasteiger partial charge in [-0.2, -0.15) is 0 Å². The van der Waals surface area contributed by atoms with E-state index in [2.05, 4.69) is 62.1 Å². The maximum atomic E-state index is 12.6. The van der Waals surface area contributed by atoms with Gasteiger partial charge >= 0.3 is 5.97 Å². The highest BCUT2D eigenvalue weighted by Gasteiger charge is 2.27. The second-order valence-corrected chi connectivity index (χ2v) is 9.68. The van der Waals surface area contributed by atoms with E-state index in [0.29, 0.717) is 5.75 Å². The van der Waals surface area contributed by atoms with E-state index in [0.717, 1.165) is 60.3 Å². The van der Waals surface area contributed by atoms with Crippen LogP contribution in [0.5, 0.6) is 5.75 Å². The molecule has 1 saturated carbocycles. The predicted molar refractivity (Wildman–Crippen MR) is 144 cm³/mol. The number of ether oxygens (including phenoxy) is 1. The number of carbonyl (C=O) groups is 1. The average molecular weight is 465 g/mol. The number of carbonyl (C=O) groups excluding carboxylic acids is 1. The van der Waals surface area contributed by atoms with E-state index in [1.54, 1.807) is 0 Å². The van der Waals surface area contributed by atoms with Gasteiger partial charge in [-0.3, -0.25) is 4.79 Å². The second-order valence-electron chi connectivity index (χ2n) is 9.68. The van der Waals surface area contributed by atoms with Crippen molar-refractivity contribution >= 4 is 5.97 Å². The summed E-state index contributed by atoms with van der Waals surface area (Å²) < 4.78 is 5.71. The van der Waals surface area contributed by atoms with E-state index in [-0.39, 0.29) is 11.9 Å². The van der Waals surface area contributed by atoms with E-state index < -0.39 is 0 Å². The van der Waals surface area contributed by atoms with Crippen LogP contribution in [0.15, 0.2) is 72.8 Å². The Balaban J connectivity index is 1.31. The van der Waals surface area contributed by atoms with Crippen LogP contribution in [-0.2, 0) is 11.2 Å². The van der Waals surface area contributed by atoms with Crippen molar-refractivity contribution in [1.29, 1.82) is 0 Å². The van der Waals surface area contributed by atoms with Gasteiger partial charge in [-0.05, 0) is 91.1 Å². The molecule has 0 aliphatic heterocycles. The fraction of sp³-hybridized carbons (Fsp3) is 0.364. The zero-order valence-corrected chi connectivity index (χ0v) is 21.1. The van der Waals surface area contributed by atoms with Crippen LogP contribution in [0.4, 0.5) is 0 Å². The molecule has 0 bridgehead atoms. The third-order valence-electron chi connectivity index (χ3n) is 7.15. The van der Waals surface area contributed by atoms with Crippen molar-refractivity contribution in [2.45, 2.75) is 65.2 Å². The molecule has 0 atom stereocenters. The first-order valence-electron chi connectivity index (χ1n) is 13.2. The van der Waals surface area contributed by atoms with Crippen LogP contribution in [0.25, 0.3) is 11.1 Å². The lowest BCUT2D eigenvalue weighted by Gasteiger charge is -2.27. The SMILES string of the molecule is CCCCC1CCC(C(=O)Oc2ccc(-c3ccc(C#Cc4ccc(CC)cc4)cc3)cc2)CC1. The topological polar surface area (TPSA) is 26.3 Å². The van der Waals surface area contributed by atoms with Gasteiger partial charge in [0.25, 0.3) is 0 Å². The van der Waals surface area contributed by atoms with Crippen LogP contribution in [0.1, 0.15) is 75.5 Å². The third-order valence-corrected chi connectivity index (χ3v) is 7.15. The number of esters is 1. The Labute approximate surface area is 210 Å². The Morgan fingerprint density at radius 1 is 0.771 bits per heavy atom. The fourth-order valence-corrected chi connectivity index (χ4v) is 4.81. The van der Waals surface area contributed by atoms with Crippen LogP contribution >= 0.6 is 0 Å². The summed E-state index contributed by atoms with van der Waals surface area (Å²) in [6, 6.07) is 24.5. The highest BCUT2D eigenvalue weighted by Crippen LogP contribution is 2.33. The number of rotatable bonds is 7. The molecule has 35 heavy (non-hydrogen) atoms. The lowest BCUT2D eigenvalue weighted by Crippen LogP contribution is -2.25. The minimum absolute atomic E-state index is 0.0470. The van der Waals surface area contributed by atoms with Crippen molar-refractivity contribution in [3.05, 3.63) is 89.5 Å². The molecule has 4 rings (SSSR count). The monoisotopic (exact) mass is 464 g/mol. The highest BCUT2D eigenvalue weighted by molar-refractivity contribution is 5.75. The summed E-state index contributed by atoms with van der Waals surface area (Å²) in [5, 5.41) is 0. The predicted octanol–water partition coefficient (Wildman–Crippen LogP) is 8.22. The van der Waals surface area contributed by atoms with Gasteiger partial charge in [0, 0.05) is 11.1 Å². The van der Waals surface area contributed by atoms with Crippen LogP contribution in [-0.4, -0.2) is 5.97 Å². The quantitative estimate of drug-likeness (QED) is 0.200. The first-order valence-corrected chi connectivity index (χ1v) is 13.2. The van der Waals surface area contributed by atoms with Crippen molar-refractivity contribution in [2.75, 3.05) is 0 Å². The molecule has 1 aliphatic rings. The van der Waals surface area contributed by atoms with E-state index in [9.17, 15) is 4.79 Å². The molecular formula is C33H36O2. The zero-order chi connectivity index (χ0) is 24.5. The minimum Gasteiger partial charge on any atom is -0.426 e. The minimum atomic E-state index is -0.0704. The van der Waals surface area contributed by atoms with Crippen LogP contribution in [0.3, 0.4) is 0 Å². The van der Waals surface area contributed by atoms with Crippen LogP contribution < -0.4 is 4.74 Å². The highest BCUT2D eigenvalue weighted by atomic mass is 16.5. The maximum Gasteiger partial charge on any atom is 0.314 e. The molecule has 0 saturated heterocycles. The summed E-state index contributed by atoms with van der Waals surface area (Å²) in [5.74, 6) is 7.88. The molecule has 0 heterocycles. The maximum absolute atomic E-state index is 12.6. The van der Waals surface area contributed by atoms with Crippen molar-refractivity contribution < 1.29 is 9.53 Å². The van der Waals surface area contributed by atoms with Gasteiger partial charge in [-0.1, -0.05) is 81.3 Å². The number of unbranched alkanes of at least 4 members (excludes halogenated alkanes) is 1. The van der Waals surface area contributed by atoms with Gasteiger partial charge in [0.05, 0.1) is 5.92 Å². The van der Waals surface area contributed by atoms with Crippen LogP contribution in [0, 0.1) is 23.7 Å². The summed E-state index contributed by atoms with van der Waals surface area (Å²) in [6.45, 7) is 4.40. The van der Waals surface area contributed by atoms with Gasteiger partial charge in [-0.15, -0.1) is 0 Å². The van der Waals surface area contributed by atoms with Crippen LogP contribution in [0.2, 0.25) is 0 Å². The van der Waals surface area contributed by atoms with E-state index >= 15 is 0 Å². The van der Waals surface area contributed by atoms with Gasteiger partial charge in [-0.25, -0.2) is 0 Å². The molecule has 3 aromatic carbocycles. The molecule has 0 N–H and O–H groups in total. The van der Waals surface area contributed by atoms with Crippen molar-refractivity contribution in [3.8, 4) is 28.7 Å². The largest absolute Gasteiger partial charge is 0.426 e. The Morgan fingerprint density at radius 2 is 1.31 bits per heavy atom. The van der Waals surface area contributed by atoms with E-state index in [4.69, 9.17) is 4.74 Å². The van der Waals surface area contributed by atoms with E-state index in [1.807, 2.05) is 36.4 Å². The number of benzene rings is 3. The molecule has 0 amide bonds. The summed E-state index contributed by atoms with van der Waals surface area (Å²) in [7, 11) is 0. The number of hydrogen-bond donors (Lipinski definition) is 0.